The number of carbonyl (C=O) groups is 2. The van der Waals surface area contributed by atoms with Gasteiger partial charge in [0, 0.05) is 48.9 Å². The topological polar surface area (TPSA) is 96.7 Å². The van der Waals surface area contributed by atoms with E-state index in [0.29, 0.717) is 36.6 Å². The summed E-state index contributed by atoms with van der Waals surface area (Å²) in [6, 6.07) is 13.2. The van der Waals surface area contributed by atoms with Crippen LogP contribution in [0.1, 0.15) is 91.6 Å². The molecule has 1 saturated heterocycles. The zero-order chi connectivity index (χ0) is 27.7. The molecule has 40 heavy (non-hydrogen) atoms. The number of likely N-dealkylation sites (tertiary alicyclic amines) is 1. The molecule has 3 aliphatic rings. The second kappa shape index (κ2) is 14.0. The Morgan fingerprint density at radius 1 is 0.950 bits per heavy atom. The highest BCUT2D eigenvalue weighted by atomic mass is 16.5. The van der Waals surface area contributed by atoms with E-state index in [-0.39, 0.29) is 17.9 Å². The molecule has 0 spiro atoms. The van der Waals surface area contributed by atoms with Crippen molar-refractivity contribution in [2.45, 2.75) is 76.2 Å². The highest BCUT2D eigenvalue weighted by Gasteiger charge is 2.34. The van der Waals surface area contributed by atoms with E-state index in [1.54, 1.807) is 23.8 Å². The third kappa shape index (κ3) is 7.12. The van der Waals surface area contributed by atoms with Gasteiger partial charge in [-0.25, -0.2) is 0 Å². The number of ether oxygens (including phenoxy) is 1. The Morgan fingerprint density at radius 3 is 2.58 bits per heavy atom. The Labute approximate surface area is 238 Å². The standard InChI is InChI=1S/C33H44N4O3/c34-18-9-19-35-32(38)25-14-15-30-28(22-25)31(27-12-7-8-13-29(27)40-30)33(39)36-26-16-20-37(21-17-26)23-24-10-5-3-1-2-4-6-11-24/h7-8,10,12-15,22,26,31H,1-6,9,11,16-21,23,34H2,(H,35,38)(H,36,39)/b24-10+. The second-order valence-corrected chi connectivity index (χ2v) is 11.5. The molecule has 1 atom stereocenters. The Hall–Kier alpha value is -3.16. The molecule has 4 N–H and O–H groups in total. The summed E-state index contributed by atoms with van der Waals surface area (Å²) in [6.45, 7) is 4.10. The Bertz CT molecular complexity index is 1200. The van der Waals surface area contributed by atoms with Crippen LogP contribution in [0.15, 0.2) is 54.1 Å². The van der Waals surface area contributed by atoms with E-state index in [1.807, 2.05) is 24.3 Å². The number of rotatable bonds is 8. The lowest BCUT2D eigenvalue weighted by Gasteiger charge is -2.34. The molecule has 7 nitrogen and oxygen atoms in total. The number of para-hydroxylation sites is 1. The summed E-state index contributed by atoms with van der Waals surface area (Å²) in [5.41, 5.74) is 9.24. The van der Waals surface area contributed by atoms with E-state index >= 15 is 0 Å². The van der Waals surface area contributed by atoms with Crippen LogP contribution in [0, 0.1) is 0 Å². The van der Waals surface area contributed by atoms with E-state index in [2.05, 4.69) is 21.6 Å². The molecule has 0 saturated carbocycles. The van der Waals surface area contributed by atoms with Gasteiger partial charge in [-0.3, -0.25) is 14.5 Å². The molecule has 214 valence electrons. The van der Waals surface area contributed by atoms with Crippen molar-refractivity contribution >= 4 is 11.8 Å². The lowest BCUT2D eigenvalue weighted by atomic mass is 9.85. The Balaban J connectivity index is 1.25. The number of amides is 2. The molecule has 2 heterocycles. The molecule has 2 aliphatic heterocycles. The number of piperidine rings is 1. The maximum Gasteiger partial charge on any atom is 0.251 e. The molecular formula is C33H44N4O3. The van der Waals surface area contributed by atoms with E-state index in [0.717, 1.165) is 43.6 Å². The summed E-state index contributed by atoms with van der Waals surface area (Å²) in [7, 11) is 0. The average Bonchev–Trinajstić information content (AvgIpc) is 3.10. The first-order chi connectivity index (χ1) is 19.6. The van der Waals surface area contributed by atoms with Gasteiger partial charge in [-0.05, 0) is 75.8 Å². The van der Waals surface area contributed by atoms with Crippen molar-refractivity contribution in [3.63, 3.8) is 0 Å². The molecule has 2 amide bonds. The van der Waals surface area contributed by atoms with E-state index in [4.69, 9.17) is 10.5 Å². The van der Waals surface area contributed by atoms with Crippen LogP contribution in [0.25, 0.3) is 0 Å². The minimum atomic E-state index is -0.529. The van der Waals surface area contributed by atoms with Gasteiger partial charge in [0.15, 0.2) is 0 Å². The van der Waals surface area contributed by atoms with Crippen molar-refractivity contribution in [2.24, 2.45) is 5.73 Å². The van der Waals surface area contributed by atoms with Crippen LogP contribution >= 0.6 is 0 Å². The van der Waals surface area contributed by atoms with Crippen molar-refractivity contribution < 1.29 is 14.3 Å². The Kier molecular flexibility index (Phi) is 9.90. The number of hydrogen-bond acceptors (Lipinski definition) is 5. The van der Waals surface area contributed by atoms with Gasteiger partial charge < -0.3 is 21.1 Å². The first-order valence-electron chi connectivity index (χ1n) is 15.2. The normalized spacial score (nSPS) is 21.3. The van der Waals surface area contributed by atoms with Gasteiger partial charge >= 0.3 is 0 Å². The van der Waals surface area contributed by atoms with Crippen LogP contribution in [0.2, 0.25) is 0 Å². The summed E-state index contributed by atoms with van der Waals surface area (Å²) in [4.78, 5) is 29.2. The Morgan fingerprint density at radius 2 is 1.73 bits per heavy atom. The number of allylic oxidation sites excluding steroid dienone is 1. The minimum absolute atomic E-state index is 0.0323. The molecule has 2 aromatic carbocycles. The number of nitrogens with one attached hydrogen (secondary N) is 2. The zero-order valence-corrected chi connectivity index (χ0v) is 23.6. The number of carbonyl (C=O) groups excluding carboxylic acids is 2. The van der Waals surface area contributed by atoms with Crippen molar-refractivity contribution in [1.29, 1.82) is 0 Å². The van der Waals surface area contributed by atoms with Crippen molar-refractivity contribution in [2.75, 3.05) is 32.7 Å². The van der Waals surface area contributed by atoms with E-state index in [9.17, 15) is 9.59 Å². The largest absolute Gasteiger partial charge is 0.457 e. The summed E-state index contributed by atoms with van der Waals surface area (Å²) < 4.78 is 6.15. The number of nitrogens with two attached hydrogens (primary N) is 1. The monoisotopic (exact) mass is 544 g/mol. The predicted molar refractivity (Wildman–Crippen MR) is 159 cm³/mol. The highest BCUT2D eigenvalue weighted by molar-refractivity contribution is 5.96. The third-order valence-electron chi connectivity index (χ3n) is 8.46. The molecule has 0 bridgehead atoms. The van der Waals surface area contributed by atoms with Gasteiger partial charge in [0.1, 0.15) is 11.5 Å². The van der Waals surface area contributed by atoms with Gasteiger partial charge in [-0.1, -0.05) is 49.1 Å². The first-order valence-corrected chi connectivity index (χ1v) is 15.2. The van der Waals surface area contributed by atoms with Crippen LogP contribution in [0.3, 0.4) is 0 Å². The van der Waals surface area contributed by atoms with Gasteiger partial charge in [0.25, 0.3) is 5.91 Å². The smallest absolute Gasteiger partial charge is 0.251 e. The number of hydrogen-bond donors (Lipinski definition) is 3. The maximum atomic E-state index is 13.9. The van der Waals surface area contributed by atoms with Crippen molar-refractivity contribution in [3.05, 3.63) is 70.8 Å². The molecule has 1 aliphatic carbocycles. The molecule has 1 unspecified atom stereocenters. The second-order valence-electron chi connectivity index (χ2n) is 11.5. The average molecular weight is 545 g/mol. The zero-order valence-electron chi connectivity index (χ0n) is 23.6. The van der Waals surface area contributed by atoms with Gasteiger partial charge in [0.05, 0.1) is 5.92 Å². The quantitative estimate of drug-likeness (QED) is 0.311. The molecule has 5 rings (SSSR count). The maximum absolute atomic E-state index is 13.9. The lowest BCUT2D eigenvalue weighted by molar-refractivity contribution is -0.122. The lowest BCUT2D eigenvalue weighted by Crippen LogP contribution is -2.46. The van der Waals surface area contributed by atoms with Gasteiger partial charge in [-0.2, -0.15) is 0 Å². The summed E-state index contributed by atoms with van der Waals surface area (Å²) in [5.74, 6) is 0.578. The highest BCUT2D eigenvalue weighted by Crippen LogP contribution is 2.44. The molecule has 0 radical (unpaired) electrons. The molecular weight excluding hydrogens is 500 g/mol. The van der Waals surface area contributed by atoms with E-state index < -0.39 is 5.92 Å². The fourth-order valence-electron chi connectivity index (χ4n) is 6.18. The first kappa shape index (κ1) is 28.4. The van der Waals surface area contributed by atoms with Crippen LogP contribution in [0.5, 0.6) is 11.5 Å². The summed E-state index contributed by atoms with van der Waals surface area (Å²) in [6.07, 6.45) is 14.3. The van der Waals surface area contributed by atoms with Crippen LogP contribution < -0.4 is 21.1 Å². The fourth-order valence-corrected chi connectivity index (χ4v) is 6.18. The van der Waals surface area contributed by atoms with Gasteiger partial charge in [-0.15, -0.1) is 0 Å². The number of fused-ring (bicyclic) bond motifs is 2. The fraction of sp³-hybridized carbons (Fsp3) is 0.515. The molecule has 1 fully saturated rings. The number of benzene rings is 2. The minimum Gasteiger partial charge on any atom is -0.457 e. The van der Waals surface area contributed by atoms with Crippen molar-refractivity contribution in [3.8, 4) is 11.5 Å². The van der Waals surface area contributed by atoms with Crippen LogP contribution in [0.4, 0.5) is 0 Å². The van der Waals surface area contributed by atoms with Crippen LogP contribution in [-0.2, 0) is 4.79 Å². The van der Waals surface area contributed by atoms with E-state index in [1.165, 1.54) is 44.9 Å². The molecule has 2 aromatic rings. The predicted octanol–water partition coefficient (Wildman–Crippen LogP) is 5.25. The molecule has 7 heteroatoms. The number of nitrogens with zero attached hydrogens (tertiary/aromatic N) is 1. The summed E-state index contributed by atoms with van der Waals surface area (Å²) in [5, 5.41) is 6.27. The van der Waals surface area contributed by atoms with Crippen LogP contribution in [-0.4, -0.2) is 55.5 Å². The third-order valence-corrected chi connectivity index (χ3v) is 8.46. The summed E-state index contributed by atoms with van der Waals surface area (Å²) >= 11 is 0. The van der Waals surface area contributed by atoms with Gasteiger partial charge in [0.2, 0.25) is 5.91 Å². The van der Waals surface area contributed by atoms with Crippen molar-refractivity contribution in [1.82, 2.24) is 15.5 Å². The SMILES string of the molecule is NCCCNC(=O)c1ccc2c(c1)C(C(=O)NC1CCN(C/C3=C/CCCCCCC3)CC1)c1ccccc1O2. The molecule has 0 aromatic heterocycles.